The molecule has 0 bridgehead atoms. The molecule has 2 heterocycles. The summed E-state index contributed by atoms with van der Waals surface area (Å²) in [6.45, 7) is 8.18. The van der Waals surface area contributed by atoms with Crippen LogP contribution in [0, 0.1) is 20.8 Å². The maximum Gasteiger partial charge on any atom is 0.341 e. The third-order valence-electron chi connectivity index (χ3n) is 5.98. The van der Waals surface area contributed by atoms with E-state index < -0.39 is 6.03 Å². The number of urea groups is 1. The van der Waals surface area contributed by atoms with Crippen LogP contribution in [0.1, 0.15) is 63.1 Å². The molecule has 0 unspecified atom stereocenters. The van der Waals surface area contributed by atoms with E-state index in [0.29, 0.717) is 17.9 Å². The average molecular weight is 479 g/mol. The number of ether oxygens (including phenoxy) is 1. The van der Waals surface area contributed by atoms with Gasteiger partial charge in [0.2, 0.25) is 0 Å². The topological polar surface area (TPSA) is 84.7 Å². The fourth-order valence-electron chi connectivity index (χ4n) is 4.31. The van der Waals surface area contributed by atoms with Crippen molar-refractivity contribution < 1.29 is 14.3 Å². The van der Waals surface area contributed by atoms with E-state index in [1.54, 1.807) is 17.6 Å². The van der Waals surface area contributed by atoms with Crippen LogP contribution in [0.2, 0.25) is 0 Å². The molecule has 0 saturated heterocycles. The lowest BCUT2D eigenvalue weighted by atomic mass is 9.95. The van der Waals surface area contributed by atoms with Gasteiger partial charge in [-0.1, -0.05) is 17.7 Å². The molecular formula is C26H30N4O3S. The van der Waals surface area contributed by atoms with Crippen LogP contribution in [0.25, 0.3) is 5.00 Å². The van der Waals surface area contributed by atoms with Crippen LogP contribution in [0.3, 0.4) is 0 Å². The molecule has 1 aliphatic rings. The molecule has 0 saturated carbocycles. The first-order chi connectivity index (χ1) is 16.4. The molecule has 1 aliphatic carbocycles. The van der Waals surface area contributed by atoms with Gasteiger partial charge in [-0.2, -0.15) is 5.10 Å². The minimum atomic E-state index is -0.413. The molecule has 2 amide bonds. The Morgan fingerprint density at radius 2 is 1.88 bits per heavy atom. The summed E-state index contributed by atoms with van der Waals surface area (Å²) in [5.41, 5.74) is 8.99. The Labute approximate surface area is 203 Å². The zero-order chi connectivity index (χ0) is 24.2. The molecule has 0 radical (unpaired) electrons. The van der Waals surface area contributed by atoms with Crippen LogP contribution in [-0.2, 0) is 17.6 Å². The fourth-order valence-corrected chi connectivity index (χ4v) is 5.80. The van der Waals surface area contributed by atoms with Crippen LogP contribution in [0.4, 0.5) is 10.5 Å². The number of rotatable bonds is 6. The maximum atomic E-state index is 12.9. The number of anilines is 1. The van der Waals surface area contributed by atoms with Gasteiger partial charge in [0.05, 0.1) is 18.4 Å². The second-order valence-corrected chi connectivity index (χ2v) is 9.55. The van der Waals surface area contributed by atoms with E-state index in [2.05, 4.69) is 20.4 Å². The van der Waals surface area contributed by atoms with Crippen LogP contribution in [0.15, 0.2) is 35.4 Å². The van der Waals surface area contributed by atoms with Crippen molar-refractivity contribution in [1.29, 1.82) is 0 Å². The number of hydrogen-bond acceptors (Lipinski definition) is 5. The van der Waals surface area contributed by atoms with Crippen LogP contribution in [0.5, 0.6) is 0 Å². The van der Waals surface area contributed by atoms with Crippen molar-refractivity contribution in [2.75, 3.05) is 11.9 Å². The van der Waals surface area contributed by atoms with E-state index in [1.807, 2.05) is 58.0 Å². The van der Waals surface area contributed by atoms with E-state index in [9.17, 15) is 9.59 Å². The summed E-state index contributed by atoms with van der Waals surface area (Å²) in [6, 6.07) is 9.14. The Bertz CT molecular complexity index is 1240. The summed E-state index contributed by atoms with van der Waals surface area (Å²) in [6.07, 6.45) is 5.78. The summed E-state index contributed by atoms with van der Waals surface area (Å²) in [7, 11) is 0. The Kier molecular flexibility index (Phi) is 7.17. The second kappa shape index (κ2) is 10.3. The van der Waals surface area contributed by atoms with Gasteiger partial charge < -0.3 is 14.6 Å². The number of esters is 1. The van der Waals surface area contributed by atoms with Crippen LogP contribution in [-0.4, -0.2) is 29.4 Å². The Balaban J connectivity index is 1.57. The van der Waals surface area contributed by atoms with Crippen LogP contribution >= 0.6 is 11.3 Å². The molecule has 3 aromatic rings. The molecule has 0 aliphatic heterocycles. The number of aryl methyl sites for hydroxylation is 3. The third-order valence-corrected chi connectivity index (χ3v) is 7.26. The molecule has 178 valence electrons. The quantitative estimate of drug-likeness (QED) is 0.272. The van der Waals surface area contributed by atoms with E-state index in [1.165, 1.54) is 4.88 Å². The SMILES string of the molecule is CCOC(=O)c1c(-n2c(C)cc(C=NNC(=O)Nc3ccc(C)cc3)c2C)sc2c1CCCC2. The highest BCUT2D eigenvalue weighted by Crippen LogP contribution is 2.39. The second-order valence-electron chi connectivity index (χ2n) is 8.46. The van der Waals surface area contributed by atoms with Gasteiger partial charge in [-0.3, -0.25) is 0 Å². The third kappa shape index (κ3) is 4.92. The molecule has 8 heteroatoms. The lowest BCUT2D eigenvalue weighted by Crippen LogP contribution is -2.24. The Hall–Kier alpha value is -3.39. The Morgan fingerprint density at radius 1 is 1.15 bits per heavy atom. The number of nitrogens with one attached hydrogen (secondary N) is 2. The molecule has 2 aromatic heterocycles. The predicted octanol–water partition coefficient (Wildman–Crippen LogP) is 5.68. The van der Waals surface area contributed by atoms with Crippen molar-refractivity contribution in [3.8, 4) is 5.00 Å². The number of aromatic nitrogens is 1. The molecule has 0 spiro atoms. The summed E-state index contributed by atoms with van der Waals surface area (Å²) >= 11 is 1.68. The van der Waals surface area contributed by atoms with Crippen molar-refractivity contribution in [2.24, 2.45) is 5.10 Å². The smallest absolute Gasteiger partial charge is 0.341 e. The van der Waals surface area contributed by atoms with Gasteiger partial charge in [0, 0.05) is 27.5 Å². The van der Waals surface area contributed by atoms with Gasteiger partial charge in [0.1, 0.15) is 5.00 Å². The first kappa shape index (κ1) is 23.8. The van der Waals surface area contributed by atoms with Gasteiger partial charge in [-0.05, 0) is 77.1 Å². The molecule has 1 aromatic carbocycles. The maximum absolute atomic E-state index is 12.9. The highest BCUT2D eigenvalue weighted by atomic mass is 32.1. The van der Waals surface area contributed by atoms with E-state index >= 15 is 0 Å². The zero-order valence-corrected chi connectivity index (χ0v) is 20.8. The lowest BCUT2D eigenvalue weighted by molar-refractivity contribution is 0.0525. The van der Waals surface area contributed by atoms with Crippen molar-refractivity contribution in [3.05, 3.63) is 68.9 Å². The summed E-state index contributed by atoms with van der Waals surface area (Å²) in [4.78, 5) is 26.4. The molecular weight excluding hydrogens is 448 g/mol. The molecule has 4 rings (SSSR count). The van der Waals surface area contributed by atoms with Crippen molar-refractivity contribution in [1.82, 2.24) is 9.99 Å². The summed E-state index contributed by atoms with van der Waals surface area (Å²) < 4.78 is 7.52. The largest absolute Gasteiger partial charge is 0.462 e. The number of carbonyl (C=O) groups excluding carboxylic acids is 2. The normalized spacial score (nSPS) is 13.1. The number of hydrogen-bond donors (Lipinski definition) is 2. The van der Waals surface area contributed by atoms with E-state index in [0.717, 1.165) is 58.8 Å². The van der Waals surface area contributed by atoms with Crippen molar-refractivity contribution >= 4 is 35.2 Å². The van der Waals surface area contributed by atoms with E-state index in [4.69, 9.17) is 4.74 Å². The number of carbonyl (C=O) groups is 2. The molecule has 2 N–H and O–H groups in total. The highest BCUT2D eigenvalue weighted by Gasteiger charge is 2.28. The van der Waals surface area contributed by atoms with Crippen molar-refractivity contribution in [2.45, 2.75) is 53.4 Å². The summed E-state index contributed by atoms with van der Waals surface area (Å²) in [5.74, 6) is -0.255. The first-order valence-electron chi connectivity index (χ1n) is 11.6. The number of nitrogens with zero attached hydrogens (tertiary/aromatic N) is 2. The minimum Gasteiger partial charge on any atom is -0.462 e. The fraction of sp³-hybridized carbons (Fsp3) is 0.346. The zero-order valence-electron chi connectivity index (χ0n) is 20.0. The van der Waals surface area contributed by atoms with E-state index in [-0.39, 0.29) is 5.97 Å². The average Bonchev–Trinajstić information content (AvgIpc) is 3.32. The predicted molar refractivity (Wildman–Crippen MR) is 137 cm³/mol. The number of thiophene rings is 1. The molecule has 0 atom stereocenters. The van der Waals surface area contributed by atoms with Gasteiger partial charge >= 0.3 is 12.0 Å². The number of hydrazone groups is 1. The highest BCUT2D eigenvalue weighted by molar-refractivity contribution is 7.15. The van der Waals surface area contributed by atoms with Crippen molar-refractivity contribution in [3.63, 3.8) is 0 Å². The minimum absolute atomic E-state index is 0.255. The van der Waals surface area contributed by atoms with Gasteiger partial charge in [-0.15, -0.1) is 11.3 Å². The Morgan fingerprint density at radius 3 is 2.62 bits per heavy atom. The van der Waals surface area contributed by atoms with Gasteiger partial charge in [0.15, 0.2) is 0 Å². The van der Waals surface area contributed by atoms with Gasteiger partial charge in [0.25, 0.3) is 0 Å². The van der Waals surface area contributed by atoms with Crippen LogP contribution < -0.4 is 10.7 Å². The lowest BCUT2D eigenvalue weighted by Gasteiger charge is -2.13. The molecule has 34 heavy (non-hydrogen) atoms. The summed E-state index contributed by atoms with van der Waals surface area (Å²) in [5, 5.41) is 7.79. The standard InChI is InChI=1S/C26H30N4O3S/c1-5-33-25(31)23-21-8-6-7-9-22(21)34-24(23)30-17(3)14-19(18(30)4)15-27-29-26(32)28-20-12-10-16(2)11-13-20/h10-15H,5-9H2,1-4H3,(H2,28,29,32). The van der Waals surface area contributed by atoms with Gasteiger partial charge in [-0.25, -0.2) is 15.0 Å². The number of benzene rings is 1. The first-order valence-corrected chi connectivity index (χ1v) is 12.4. The molecule has 7 nitrogen and oxygen atoms in total. The monoisotopic (exact) mass is 478 g/mol. The number of amides is 2. The molecule has 0 fully saturated rings. The number of fused-ring (bicyclic) bond motifs is 1.